The first-order chi connectivity index (χ1) is 16.4. The smallest absolute Gasteiger partial charge is 0.335 e. The topological polar surface area (TPSA) is 75.8 Å². The van der Waals surface area contributed by atoms with Crippen molar-refractivity contribution in [2.45, 2.75) is 51.2 Å². The number of hydrogen-bond donors (Lipinski definition) is 1. The molecule has 0 atom stereocenters. The largest absolute Gasteiger partial charge is 0.478 e. The molecule has 1 saturated heterocycles. The molecule has 1 N–H and O–H groups in total. The standard InChI is InChI=1S/C26H26Cl2N2O4/c1-15-13-17(26(31)32)7-8-22(15)30-11-9-18(10-12-30)33-14-19-24(29-34-25(19)16-5-6-16)23-20(27)3-2-4-21(23)28/h2-4,7-8,13,16,18H,5-6,9-12,14H2,1H3,(H,31,32). The zero-order valence-corrected chi connectivity index (χ0v) is 20.4. The first-order valence-electron chi connectivity index (χ1n) is 11.6. The number of ether oxygens (including phenoxy) is 1. The minimum absolute atomic E-state index is 0.117. The summed E-state index contributed by atoms with van der Waals surface area (Å²) in [6.45, 7) is 4.06. The number of nitrogens with zero attached hydrogens (tertiary/aromatic N) is 2. The van der Waals surface area contributed by atoms with Crippen molar-refractivity contribution in [1.82, 2.24) is 5.16 Å². The van der Waals surface area contributed by atoms with Crippen molar-refractivity contribution in [3.8, 4) is 11.3 Å². The Morgan fingerprint density at radius 1 is 1.15 bits per heavy atom. The van der Waals surface area contributed by atoms with E-state index in [-0.39, 0.29) is 6.10 Å². The van der Waals surface area contributed by atoms with Crippen molar-refractivity contribution >= 4 is 34.9 Å². The van der Waals surface area contributed by atoms with Crippen molar-refractivity contribution in [3.63, 3.8) is 0 Å². The van der Waals surface area contributed by atoms with Crippen LogP contribution >= 0.6 is 23.2 Å². The van der Waals surface area contributed by atoms with Gasteiger partial charge in [-0.3, -0.25) is 0 Å². The number of carboxylic acids is 1. The second-order valence-corrected chi connectivity index (χ2v) is 9.86. The van der Waals surface area contributed by atoms with Crippen molar-refractivity contribution < 1.29 is 19.2 Å². The quantitative estimate of drug-likeness (QED) is 0.388. The number of rotatable bonds is 7. The van der Waals surface area contributed by atoms with E-state index in [4.69, 9.17) is 32.5 Å². The monoisotopic (exact) mass is 500 g/mol. The molecular formula is C26H26Cl2N2O4. The summed E-state index contributed by atoms with van der Waals surface area (Å²) in [5, 5.41) is 14.6. The molecule has 8 heteroatoms. The van der Waals surface area contributed by atoms with Crippen LogP contribution in [0.4, 0.5) is 5.69 Å². The van der Waals surface area contributed by atoms with Gasteiger partial charge in [0.25, 0.3) is 0 Å². The number of carbonyl (C=O) groups is 1. The Labute approximate surface area is 208 Å². The summed E-state index contributed by atoms with van der Waals surface area (Å²) < 4.78 is 12.1. The lowest BCUT2D eigenvalue weighted by molar-refractivity contribution is 0.0246. The normalized spacial score (nSPS) is 16.7. The molecule has 2 aromatic carbocycles. The summed E-state index contributed by atoms with van der Waals surface area (Å²) in [4.78, 5) is 13.5. The highest BCUT2D eigenvalue weighted by atomic mass is 35.5. The van der Waals surface area contributed by atoms with Gasteiger partial charge in [0.1, 0.15) is 11.5 Å². The fourth-order valence-electron chi connectivity index (χ4n) is 4.66. The summed E-state index contributed by atoms with van der Waals surface area (Å²) in [7, 11) is 0. The van der Waals surface area contributed by atoms with Crippen LogP contribution in [-0.4, -0.2) is 35.4 Å². The van der Waals surface area contributed by atoms with E-state index < -0.39 is 5.97 Å². The van der Waals surface area contributed by atoms with Crippen molar-refractivity contribution in [1.29, 1.82) is 0 Å². The predicted molar refractivity (Wildman–Crippen MR) is 132 cm³/mol. The zero-order chi connectivity index (χ0) is 23.8. The zero-order valence-electron chi connectivity index (χ0n) is 18.9. The average molecular weight is 501 g/mol. The molecule has 1 aliphatic carbocycles. The van der Waals surface area contributed by atoms with Crippen LogP contribution in [0.1, 0.15) is 58.8 Å². The molecule has 0 unspecified atom stereocenters. The van der Waals surface area contributed by atoms with E-state index in [1.165, 1.54) is 0 Å². The van der Waals surface area contributed by atoms with E-state index in [2.05, 4.69) is 10.1 Å². The minimum Gasteiger partial charge on any atom is -0.478 e. The summed E-state index contributed by atoms with van der Waals surface area (Å²) >= 11 is 12.9. The molecule has 1 aromatic heterocycles. The molecule has 1 saturated carbocycles. The predicted octanol–water partition coefficient (Wildman–Crippen LogP) is 6.72. The van der Waals surface area contributed by atoms with Crippen molar-refractivity contribution in [3.05, 3.63) is 68.9 Å². The molecule has 0 radical (unpaired) electrons. The van der Waals surface area contributed by atoms with Crippen LogP contribution in [0.5, 0.6) is 0 Å². The minimum atomic E-state index is -0.904. The molecular weight excluding hydrogens is 475 g/mol. The van der Waals surface area contributed by atoms with Crippen molar-refractivity contribution in [2.24, 2.45) is 0 Å². The maximum absolute atomic E-state index is 11.2. The molecule has 1 aliphatic heterocycles. The lowest BCUT2D eigenvalue weighted by atomic mass is 10.0. The Morgan fingerprint density at radius 3 is 2.47 bits per heavy atom. The van der Waals surface area contributed by atoms with Crippen LogP contribution in [0.2, 0.25) is 10.0 Å². The summed E-state index contributed by atoms with van der Waals surface area (Å²) in [6, 6.07) is 10.7. The second kappa shape index (κ2) is 9.61. The molecule has 3 aromatic rings. The maximum atomic E-state index is 11.2. The molecule has 2 fully saturated rings. The van der Waals surface area contributed by atoms with Crippen LogP contribution in [-0.2, 0) is 11.3 Å². The number of piperidine rings is 1. The highest BCUT2D eigenvalue weighted by molar-refractivity contribution is 6.39. The lowest BCUT2D eigenvalue weighted by Crippen LogP contribution is -2.37. The van der Waals surface area contributed by atoms with Gasteiger partial charge in [-0.2, -0.15) is 0 Å². The van der Waals surface area contributed by atoms with Crippen molar-refractivity contribution in [2.75, 3.05) is 18.0 Å². The van der Waals surface area contributed by atoms with Gasteiger partial charge < -0.3 is 19.3 Å². The third-order valence-electron chi connectivity index (χ3n) is 6.66. The Kier molecular flexibility index (Phi) is 6.56. The molecule has 6 nitrogen and oxygen atoms in total. The van der Waals surface area contributed by atoms with Gasteiger partial charge in [0.15, 0.2) is 0 Å². The first kappa shape index (κ1) is 23.2. The number of anilines is 1. The molecule has 0 spiro atoms. The molecule has 0 bridgehead atoms. The summed E-state index contributed by atoms with van der Waals surface area (Å²) in [5.74, 6) is 0.371. The number of carboxylic acid groups (broad SMARTS) is 1. The maximum Gasteiger partial charge on any atom is 0.335 e. The fourth-order valence-corrected chi connectivity index (χ4v) is 5.23. The SMILES string of the molecule is Cc1cc(C(=O)O)ccc1N1CCC(OCc2c(-c3c(Cl)cccc3Cl)noc2C2CC2)CC1. The van der Waals surface area contributed by atoms with Crippen LogP contribution < -0.4 is 4.90 Å². The molecule has 34 heavy (non-hydrogen) atoms. The van der Waals surface area contributed by atoms with Gasteiger partial charge in [0.05, 0.1) is 28.3 Å². The van der Waals surface area contributed by atoms with E-state index in [0.717, 1.165) is 61.3 Å². The van der Waals surface area contributed by atoms with Crippen LogP contribution in [0, 0.1) is 6.92 Å². The van der Waals surface area contributed by atoms with Gasteiger partial charge in [0, 0.05) is 35.8 Å². The molecule has 0 amide bonds. The summed E-state index contributed by atoms with van der Waals surface area (Å²) in [5.41, 5.74) is 4.67. The van der Waals surface area contributed by atoms with E-state index >= 15 is 0 Å². The third-order valence-corrected chi connectivity index (χ3v) is 7.29. The van der Waals surface area contributed by atoms with Gasteiger partial charge in [-0.25, -0.2) is 4.79 Å². The fraction of sp³-hybridized carbons (Fsp3) is 0.385. The van der Waals surface area contributed by atoms with E-state index in [0.29, 0.717) is 39.4 Å². The number of aryl methyl sites for hydroxylation is 1. The van der Waals surface area contributed by atoms with E-state index in [9.17, 15) is 9.90 Å². The number of halogens is 2. The van der Waals surface area contributed by atoms with Gasteiger partial charge in [-0.1, -0.05) is 34.4 Å². The first-order valence-corrected chi connectivity index (χ1v) is 12.3. The lowest BCUT2D eigenvalue weighted by Gasteiger charge is -2.34. The average Bonchev–Trinajstić information content (AvgIpc) is 3.58. The third kappa shape index (κ3) is 4.67. The number of aromatic nitrogens is 1. The highest BCUT2D eigenvalue weighted by Gasteiger charge is 2.34. The Bertz CT molecular complexity index is 1190. The Morgan fingerprint density at radius 2 is 1.85 bits per heavy atom. The molecule has 2 heterocycles. The Balaban J connectivity index is 1.27. The molecule has 5 rings (SSSR count). The molecule has 178 valence electrons. The van der Waals surface area contributed by atoms with Crippen LogP contribution in [0.25, 0.3) is 11.3 Å². The molecule has 2 aliphatic rings. The van der Waals surface area contributed by atoms with Gasteiger partial charge in [-0.05, 0) is 68.5 Å². The van der Waals surface area contributed by atoms with Gasteiger partial charge in [-0.15, -0.1) is 0 Å². The van der Waals surface area contributed by atoms with Crippen LogP contribution in [0.15, 0.2) is 40.9 Å². The van der Waals surface area contributed by atoms with E-state index in [1.54, 1.807) is 24.3 Å². The Hall–Kier alpha value is -2.54. The number of aromatic carboxylic acids is 1. The summed E-state index contributed by atoms with van der Waals surface area (Å²) in [6.07, 6.45) is 4.07. The van der Waals surface area contributed by atoms with Gasteiger partial charge >= 0.3 is 5.97 Å². The van der Waals surface area contributed by atoms with E-state index in [1.807, 2.05) is 19.1 Å². The van der Waals surface area contributed by atoms with Gasteiger partial charge in [0.2, 0.25) is 0 Å². The number of hydrogen-bond acceptors (Lipinski definition) is 5. The highest BCUT2D eigenvalue weighted by Crippen LogP contribution is 2.46. The number of benzene rings is 2. The second-order valence-electron chi connectivity index (χ2n) is 9.05. The van der Waals surface area contributed by atoms with Crippen LogP contribution in [0.3, 0.4) is 0 Å².